The zero-order chi connectivity index (χ0) is 14.4. The van der Waals surface area contributed by atoms with E-state index >= 15 is 0 Å². The van der Waals surface area contributed by atoms with Crippen LogP contribution in [-0.2, 0) is 23.0 Å². The van der Waals surface area contributed by atoms with E-state index in [0.29, 0.717) is 0 Å². The lowest BCUT2D eigenvalue weighted by atomic mass is 10.2. The highest BCUT2D eigenvalue weighted by atomic mass is 31.2. The van der Waals surface area contributed by atoms with Gasteiger partial charge < -0.3 is 29.5 Å². The molecule has 0 aromatic rings. The van der Waals surface area contributed by atoms with E-state index in [4.69, 9.17) is 12.6 Å². The van der Waals surface area contributed by atoms with Crippen LogP contribution in [0.15, 0.2) is 0 Å². The summed E-state index contributed by atoms with van der Waals surface area (Å²) in [7, 11) is -9.55. The molecule has 0 aromatic carbocycles. The SMILES string of the molecule is [2H]OP(=O)(O)OC[C@@H](O)[C@@H](C=O)OP(=O)(O)O[2H]. The topological polar surface area (TPSA) is 171 Å². The molecule has 0 saturated heterocycles. The summed E-state index contributed by atoms with van der Waals surface area (Å²) in [6.07, 6.45) is -3.98. The Balaban J connectivity index is 4.45. The van der Waals surface area contributed by atoms with Gasteiger partial charge >= 0.3 is 15.6 Å². The molecule has 16 heavy (non-hydrogen) atoms. The van der Waals surface area contributed by atoms with Crippen molar-refractivity contribution in [1.29, 1.82) is 2.86 Å². The second kappa shape index (κ2) is 5.97. The van der Waals surface area contributed by atoms with Crippen LogP contribution in [0.2, 0.25) is 0 Å². The van der Waals surface area contributed by atoms with Crippen LogP contribution < -0.4 is 0 Å². The van der Waals surface area contributed by atoms with Crippen molar-refractivity contribution in [3.8, 4) is 0 Å². The summed E-state index contributed by atoms with van der Waals surface area (Å²) in [6, 6.07) is 0. The van der Waals surface area contributed by atoms with E-state index in [9.17, 15) is 19.0 Å². The Hall–Kier alpha value is -0.150. The molecule has 10 nitrogen and oxygen atoms in total. The first-order chi connectivity index (χ1) is 8.17. The number of carbonyl (C=O) groups is 1. The van der Waals surface area contributed by atoms with Crippen LogP contribution in [0.4, 0.5) is 0 Å². The summed E-state index contributed by atoms with van der Waals surface area (Å²) in [5.74, 6) is 0. The lowest BCUT2D eigenvalue weighted by Gasteiger charge is -2.18. The minimum atomic E-state index is -4.85. The summed E-state index contributed by atoms with van der Waals surface area (Å²) < 4.78 is 41.8. The van der Waals surface area contributed by atoms with Crippen molar-refractivity contribution in [1.82, 2.24) is 0 Å². The maximum Gasteiger partial charge on any atom is 0.470 e. The molecule has 2 unspecified atom stereocenters. The quantitative estimate of drug-likeness (QED) is 0.238. The Bertz CT molecular complexity index is 362. The van der Waals surface area contributed by atoms with Crippen LogP contribution in [0.3, 0.4) is 0 Å². The molecule has 0 rings (SSSR count). The first kappa shape index (κ1) is 12.3. The Morgan fingerprint density at radius 1 is 1.31 bits per heavy atom. The van der Waals surface area contributed by atoms with Crippen molar-refractivity contribution in [3.05, 3.63) is 0 Å². The molecule has 12 heteroatoms. The average Bonchev–Trinajstić information content (AvgIpc) is 2.33. The fraction of sp³-hybridized carbons (Fsp3) is 0.750. The zero-order valence-corrected chi connectivity index (χ0v) is 9.32. The first-order valence-electron chi connectivity index (χ1n) is 4.41. The second-order valence-electron chi connectivity index (χ2n) is 2.51. The number of phosphoric ester groups is 2. The van der Waals surface area contributed by atoms with E-state index in [-0.39, 0.29) is 6.29 Å². The Kier molecular flexibility index (Phi) is 4.59. The number of carbonyl (C=O) groups excluding carboxylic acids is 1. The molecule has 0 aliphatic heterocycles. The summed E-state index contributed by atoms with van der Waals surface area (Å²) in [5, 5.41) is 9.25. The van der Waals surface area contributed by atoms with E-state index < -0.39 is 34.5 Å². The van der Waals surface area contributed by atoms with Gasteiger partial charge in [0.15, 0.2) is 12.4 Å². The molecule has 96 valence electrons. The number of phosphoric acid groups is 2. The van der Waals surface area contributed by atoms with Gasteiger partial charge in [-0.25, -0.2) is 9.13 Å². The van der Waals surface area contributed by atoms with Crippen molar-refractivity contribution in [2.24, 2.45) is 0 Å². The highest BCUT2D eigenvalue weighted by molar-refractivity contribution is 7.46. The molecular formula is C4H10O10P2. The van der Waals surface area contributed by atoms with Crippen LogP contribution in [0.5, 0.6) is 0 Å². The minimum absolute atomic E-state index is 0.111. The van der Waals surface area contributed by atoms with Gasteiger partial charge in [-0.15, -0.1) is 0 Å². The molecule has 0 amide bonds. The van der Waals surface area contributed by atoms with Gasteiger partial charge in [-0.2, -0.15) is 0 Å². The number of aliphatic hydroxyl groups is 1. The third-order valence-corrected chi connectivity index (χ3v) is 2.16. The summed E-state index contributed by atoms with van der Waals surface area (Å²) >= 11 is 0. The third kappa shape index (κ3) is 8.05. The monoisotopic (exact) mass is 282 g/mol. The van der Waals surface area contributed by atoms with Crippen molar-refractivity contribution in [2.45, 2.75) is 12.2 Å². The molecule has 0 spiro atoms. The van der Waals surface area contributed by atoms with E-state index in [1.807, 2.05) is 0 Å². The molecule has 0 radical (unpaired) electrons. The summed E-state index contributed by atoms with van der Waals surface area (Å²) in [4.78, 5) is 34.3. The normalized spacial score (nSPS) is 24.4. The van der Waals surface area contributed by atoms with Gasteiger partial charge in [0, 0.05) is 0 Å². The molecule has 0 heterocycles. The van der Waals surface area contributed by atoms with E-state index in [1.165, 1.54) is 0 Å². The van der Waals surface area contributed by atoms with Crippen molar-refractivity contribution in [3.63, 3.8) is 0 Å². The molecule has 0 fully saturated rings. The maximum absolute atomic E-state index is 10.8. The van der Waals surface area contributed by atoms with E-state index in [0.717, 1.165) is 0 Å². The van der Waals surface area contributed by atoms with Crippen LogP contribution in [-0.4, -0.2) is 52.6 Å². The van der Waals surface area contributed by atoms with Gasteiger partial charge in [-0.05, 0) is 0 Å². The number of hydrogen-bond donors (Lipinski definition) is 5. The lowest BCUT2D eigenvalue weighted by molar-refractivity contribution is -0.120. The molecule has 0 aliphatic carbocycles. The number of aldehydes is 1. The largest absolute Gasteiger partial charge is 0.470 e. The molecule has 0 saturated carbocycles. The molecule has 4 atom stereocenters. The van der Waals surface area contributed by atoms with Gasteiger partial charge in [0.25, 0.3) is 0 Å². The van der Waals surface area contributed by atoms with E-state index in [2.05, 4.69) is 18.8 Å². The fourth-order valence-corrected chi connectivity index (χ4v) is 1.44. The van der Waals surface area contributed by atoms with Crippen LogP contribution in [0, 0.1) is 0 Å². The summed E-state index contributed by atoms with van der Waals surface area (Å²) in [5.41, 5.74) is 0. The Labute approximate surface area is 92.3 Å². The molecule has 0 aromatic heterocycles. The Morgan fingerprint density at radius 2 is 1.88 bits per heavy atom. The lowest BCUT2D eigenvalue weighted by Crippen LogP contribution is -2.33. The summed E-state index contributed by atoms with van der Waals surface area (Å²) in [6.45, 7) is -1.01. The number of aliphatic hydroxyl groups excluding tert-OH is 1. The van der Waals surface area contributed by atoms with Gasteiger partial charge in [0.1, 0.15) is 6.10 Å². The van der Waals surface area contributed by atoms with Crippen LogP contribution in [0.1, 0.15) is 0 Å². The van der Waals surface area contributed by atoms with Gasteiger partial charge in [0.05, 0.1) is 6.61 Å². The fourth-order valence-electron chi connectivity index (χ4n) is 0.605. The van der Waals surface area contributed by atoms with Crippen molar-refractivity contribution < 1.29 is 47.7 Å². The van der Waals surface area contributed by atoms with Crippen LogP contribution in [0.25, 0.3) is 0 Å². The third-order valence-electron chi connectivity index (χ3n) is 1.18. The first-order valence-corrected chi connectivity index (χ1v) is 6.58. The highest BCUT2D eigenvalue weighted by Gasteiger charge is 2.29. The molecule has 0 bridgehead atoms. The smallest absolute Gasteiger partial charge is 0.387 e. The van der Waals surface area contributed by atoms with Gasteiger partial charge in [0.2, 0.25) is 2.86 Å². The minimum Gasteiger partial charge on any atom is -0.387 e. The van der Waals surface area contributed by atoms with Crippen molar-refractivity contribution >= 4 is 21.9 Å². The predicted octanol–water partition coefficient (Wildman–Crippen LogP) is -1.87. The average molecular weight is 282 g/mol. The van der Waals surface area contributed by atoms with Crippen molar-refractivity contribution in [2.75, 3.05) is 6.61 Å². The predicted molar refractivity (Wildman–Crippen MR) is 47.0 cm³/mol. The van der Waals surface area contributed by atoms with Gasteiger partial charge in [-0.3, -0.25) is 9.05 Å². The van der Waals surface area contributed by atoms with E-state index in [1.54, 1.807) is 0 Å². The Morgan fingerprint density at radius 3 is 2.31 bits per heavy atom. The zero-order valence-electron chi connectivity index (χ0n) is 9.53. The number of hydrogen-bond acceptors (Lipinski definition) is 8. The number of rotatable bonds is 9. The standard InChI is InChI=1S/C4H10O10P2/c5-1-4(14-16(10,11)12)3(6)2-13-15(7,8)9/h1,3-4,6H,2H2,(H2,7,8,9)(H2,10,11,12)/t3-,4-/m1/s1/i/hD2. The van der Waals surface area contributed by atoms with Gasteiger partial charge in [-0.1, -0.05) is 0 Å². The highest BCUT2D eigenvalue weighted by Crippen LogP contribution is 2.39. The second-order valence-corrected chi connectivity index (χ2v) is 4.85. The van der Waals surface area contributed by atoms with Crippen LogP contribution >= 0.6 is 15.6 Å². The molecule has 5 N–H and O–H groups in total. The maximum atomic E-state index is 10.8. The molecular weight excluding hydrogens is 270 g/mol. The molecule has 0 aliphatic rings.